The van der Waals surface area contributed by atoms with Crippen molar-refractivity contribution < 1.29 is 9.53 Å². The average molecular weight is 519 g/mol. The zero-order valence-electron chi connectivity index (χ0n) is 22.0. The molecule has 0 spiro atoms. The van der Waals surface area contributed by atoms with Crippen molar-refractivity contribution in [1.82, 2.24) is 19.6 Å². The third kappa shape index (κ3) is 6.79. The number of benzene rings is 2. The third-order valence-corrected chi connectivity index (χ3v) is 8.35. The molecule has 2 aliphatic rings. The Bertz CT molecular complexity index is 1160. The Hall–Kier alpha value is -2.71. The van der Waals surface area contributed by atoms with Gasteiger partial charge in [-0.1, -0.05) is 42.5 Å². The molecule has 0 saturated carbocycles. The van der Waals surface area contributed by atoms with Crippen LogP contribution in [0.2, 0.25) is 0 Å². The largest absolute Gasteiger partial charge is 0.492 e. The van der Waals surface area contributed by atoms with Gasteiger partial charge in [-0.2, -0.15) is 0 Å². The number of nitrogens with zero attached hydrogens (tertiary/aromatic N) is 4. The topological polar surface area (TPSA) is 39.3 Å². The van der Waals surface area contributed by atoms with Crippen molar-refractivity contribution in [3.05, 3.63) is 87.6 Å². The van der Waals surface area contributed by atoms with Crippen LogP contribution in [0.15, 0.2) is 66.0 Å². The number of carbonyl (C=O) groups is 1. The quantitative estimate of drug-likeness (QED) is 0.429. The van der Waals surface area contributed by atoms with Gasteiger partial charge in [-0.3, -0.25) is 19.5 Å². The van der Waals surface area contributed by atoms with Crippen LogP contribution in [-0.4, -0.2) is 85.0 Å². The molecule has 3 aromatic rings. The molecule has 196 valence electrons. The highest BCUT2D eigenvalue weighted by Gasteiger charge is 2.33. The van der Waals surface area contributed by atoms with Gasteiger partial charge in [-0.25, -0.2) is 0 Å². The molecule has 6 nitrogen and oxygen atoms in total. The number of fused-ring (bicyclic) bond motifs is 1. The zero-order chi connectivity index (χ0) is 25.6. The molecule has 1 unspecified atom stereocenters. The Balaban J connectivity index is 1.04. The molecule has 2 aromatic carbocycles. The van der Waals surface area contributed by atoms with Gasteiger partial charge in [-0.05, 0) is 60.8 Å². The van der Waals surface area contributed by atoms with Crippen LogP contribution in [0.25, 0.3) is 0 Å². The number of ether oxygens (including phenoxy) is 1. The lowest BCUT2D eigenvalue weighted by Gasteiger charge is -2.40. The highest BCUT2D eigenvalue weighted by Crippen LogP contribution is 2.23. The van der Waals surface area contributed by atoms with Crippen LogP contribution in [0.5, 0.6) is 5.75 Å². The van der Waals surface area contributed by atoms with Gasteiger partial charge in [0.2, 0.25) is 5.91 Å². The number of likely N-dealkylation sites (N-methyl/N-ethyl adjacent to an activating group) is 1. The van der Waals surface area contributed by atoms with Crippen LogP contribution in [0.1, 0.15) is 21.6 Å². The van der Waals surface area contributed by atoms with Crippen LogP contribution >= 0.6 is 11.3 Å². The number of carbonyl (C=O) groups excluding carboxylic acids is 1. The number of thiophene rings is 1. The molecular weight excluding hydrogens is 480 g/mol. The summed E-state index contributed by atoms with van der Waals surface area (Å²) in [6.45, 7) is 7.61. The van der Waals surface area contributed by atoms with Crippen molar-refractivity contribution in [2.75, 3.05) is 53.4 Å². The van der Waals surface area contributed by atoms with E-state index in [1.54, 1.807) is 11.3 Å². The van der Waals surface area contributed by atoms with Gasteiger partial charge in [0.1, 0.15) is 12.4 Å². The normalized spacial score (nSPS) is 18.7. The molecule has 0 bridgehead atoms. The molecule has 1 atom stereocenters. The summed E-state index contributed by atoms with van der Waals surface area (Å²) in [6.07, 6.45) is 0.808. The van der Waals surface area contributed by atoms with E-state index in [1.807, 2.05) is 6.07 Å². The molecule has 1 fully saturated rings. The Morgan fingerprint density at radius 3 is 2.59 bits per heavy atom. The second-order valence-electron chi connectivity index (χ2n) is 10.3. The fourth-order valence-electron chi connectivity index (χ4n) is 5.39. The first-order valence-corrected chi connectivity index (χ1v) is 14.1. The van der Waals surface area contributed by atoms with Gasteiger partial charge in [0.05, 0.1) is 6.04 Å². The predicted molar refractivity (Wildman–Crippen MR) is 150 cm³/mol. The summed E-state index contributed by atoms with van der Waals surface area (Å²) in [4.78, 5) is 23.7. The van der Waals surface area contributed by atoms with E-state index < -0.39 is 0 Å². The number of hydrogen-bond donors (Lipinski definition) is 0. The average Bonchev–Trinajstić information content (AvgIpc) is 3.41. The Labute approximate surface area is 225 Å². The number of piperazine rings is 1. The van der Waals surface area contributed by atoms with Crippen molar-refractivity contribution in [3.8, 4) is 5.75 Å². The molecule has 5 rings (SSSR count). The maximum absolute atomic E-state index is 13.3. The van der Waals surface area contributed by atoms with Crippen molar-refractivity contribution in [3.63, 3.8) is 0 Å². The lowest BCUT2D eigenvalue weighted by atomic mass is 9.93. The van der Waals surface area contributed by atoms with Crippen molar-refractivity contribution in [1.29, 1.82) is 0 Å². The second-order valence-corrected chi connectivity index (χ2v) is 11.4. The molecule has 1 saturated heterocycles. The molecule has 37 heavy (non-hydrogen) atoms. The van der Waals surface area contributed by atoms with E-state index >= 15 is 0 Å². The Kier molecular flexibility index (Phi) is 8.56. The molecule has 3 heterocycles. The molecule has 2 aliphatic heterocycles. The minimum absolute atomic E-state index is 0.0542. The Morgan fingerprint density at radius 1 is 1.00 bits per heavy atom. The highest BCUT2D eigenvalue weighted by molar-refractivity contribution is 7.09. The summed E-state index contributed by atoms with van der Waals surface area (Å²) in [5, 5.41) is 2.13. The first-order chi connectivity index (χ1) is 18.0. The lowest BCUT2D eigenvalue weighted by Crippen LogP contribution is -2.56. The molecule has 1 amide bonds. The van der Waals surface area contributed by atoms with Crippen molar-refractivity contribution >= 4 is 17.2 Å². The standard InChI is InChI=1S/C30H38N4O2S/c1-31(23-28-11-6-18-37-28)21-24-7-5-10-27(19-24)36-17-16-33-12-14-34(15-13-33)30(35)29-20-25-8-3-4-9-26(25)22-32(29)2/h3-11,18-19,29H,12-17,20-23H2,1-2H3. The number of amides is 1. The first kappa shape index (κ1) is 25.9. The van der Waals surface area contributed by atoms with Gasteiger partial charge in [0.15, 0.2) is 0 Å². The van der Waals surface area contributed by atoms with Gasteiger partial charge < -0.3 is 9.64 Å². The monoisotopic (exact) mass is 518 g/mol. The molecule has 0 N–H and O–H groups in total. The zero-order valence-corrected chi connectivity index (χ0v) is 22.8. The molecular formula is C30H38N4O2S. The maximum Gasteiger partial charge on any atom is 0.240 e. The maximum atomic E-state index is 13.3. The molecule has 0 radical (unpaired) electrons. The highest BCUT2D eigenvalue weighted by atomic mass is 32.1. The van der Waals surface area contributed by atoms with Crippen LogP contribution < -0.4 is 4.74 Å². The minimum atomic E-state index is -0.0542. The van der Waals surface area contributed by atoms with E-state index in [2.05, 4.69) is 93.7 Å². The predicted octanol–water partition coefficient (Wildman–Crippen LogP) is 3.96. The van der Waals surface area contributed by atoms with E-state index in [-0.39, 0.29) is 11.9 Å². The lowest BCUT2D eigenvalue weighted by molar-refractivity contribution is -0.138. The van der Waals surface area contributed by atoms with E-state index in [0.29, 0.717) is 6.61 Å². The van der Waals surface area contributed by atoms with Crippen LogP contribution in [0, 0.1) is 0 Å². The van der Waals surface area contributed by atoms with E-state index in [1.165, 1.54) is 21.6 Å². The van der Waals surface area contributed by atoms with Crippen LogP contribution in [0.3, 0.4) is 0 Å². The van der Waals surface area contributed by atoms with Gasteiger partial charge >= 0.3 is 0 Å². The smallest absolute Gasteiger partial charge is 0.240 e. The summed E-state index contributed by atoms with van der Waals surface area (Å²) in [6, 6.07) is 21.2. The fraction of sp³-hybridized carbons (Fsp3) is 0.433. The molecule has 1 aromatic heterocycles. The van der Waals surface area contributed by atoms with Crippen molar-refractivity contribution in [2.24, 2.45) is 0 Å². The van der Waals surface area contributed by atoms with E-state index in [4.69, 9.17) is 4.74 Å². The van der Waals surface area contributed by atoms with Gasteiger partial charge in [0, 0.05) is 57.2 Å². The van der Waals surface area contributed by atoms with Crippen LogP contribution in [0.4, 0.5) is 0 Å². The second kappa shape index (κ2) is 12.2. The molecule has 7 heteroatoms. The van der Waals surface area contributed by atoms with Crippen LogP contribution in [-0.2, 0) is 30.8 Å². The SMILES string of the molecule is CN(Cc1cccc(OCCN2CCN(C(=O)C3Cc4ccccc4CN3C)CC2)c1)Cc1cccs1. The fourth-order valence-corrected chi connectivity index (χ4v) is 6.18. The summed E-state index contributed by atoms with van der Waals surface area (Å²) >= 11 is 1.80. The first-order valence-electron chi connectivity index (χ1n) is 13.3. The van der Waals surface area contributed by atoms with Gasteiger partial charge in [-0.15, -0.1) is 11.3 Å². The Morgan fingerprint density at radius 2 is 1.81 bits per heavy atom. The summed E-state index contributed by atoms with van der Waals surface area (Å²) in [7, 11) is 4.23. The summed E-state index contributed by atoms with van der Waals surface area (Å²) in [5.74, 6) is 1.20. The number of rotatable bonds is 9. The van der Waals surface area contributed by atoms with Crippen molar-refractivity contribution in [2.45, 2.75) is 32.1 Å². The minimum Gasteiger partial charge on any atom is -0.492 e. The summed E-state index contributed by atoms with van der Waals surface area (Å²) < 4.78 is 6.11. The van der Waals surface area contributed by atoms with E-state index in [9.17, 15) is 4.79 Å². The van der Waals surface area contributed by atoms with Gasteiger partial charge in [0.25, 0.3) is 0 Å². The number of hydrogen-bond acceptors (Lipinski definition) is 6. The third-order valence-electron chi connectivity index (χ3n) is 7.49. The van der Waals surface area contributed by atoms with E-state index in [0.717, 1.165) is 64.5 Å². The molecule has 0 aliphatic carbocycles. The summed E-state index contributed by atoms with van der Waals surface area (Å²) in [5.41, 5.74) is 3.92.